The summed E-state index contributed by atoms with van der Waals surface area (Å²) in [5.74, 6) is -0.113. The van der Waals surface area contributed by atoms with Gasteiger partial charge in [-0.2, -0.15) is 0 Å². The van der Waals surface area contributed by atoms with Crippen molar-refractivity contribution in [3.05, 3.63) is 91.5 Å². The van der Waals surface area contributed by atoms with Gasteiger partial charge < -0.3 is 14.8 Å². The molecule has 5 nitrogen and oxygen atoms in total. The first-order valence-corrected chi connectivity index (χ1v) is 11.8. The number of methoxy groups -OCH3 is 1. The van der Waals surface area contributed by atoms with Crippen LogP contribution in [0.4, 0.5) is 10.1 Å². The minimum Gasteiger partial charge on any atom is -0.493 e. The van der Waals surface area contributed by atoms with Crippen molar-refractivity contribution in [3.63, 3.8) is 0 Å². The van der Waals surface area contributed by atoms with Crippen molar-refractivity contribution in [1.82, 2.24) is 5.32 Å². The van der Waals surface area contributed by atoms with Gasteiger partial charge in [0.15, 0.2) is 16.7 Å². The number of hydrogen-bond acceptors (Lipinski definition) is 5. The lowest BCUT2D eigenvalue weighted by Gasteiger charge is -2.14. The van der Waals surface area contributed by atoms with E-state index < -0.39 is 5.82 Å². The molecule has 34 heavy (non-hydrogen) atoms. The molecule has 4 rings (SSSR count). The molecule has 1 heterocycles. The van der Waals surface area contributed by atoms with E-state index in [0.29, 0.717) is 37.0 Å². The fourth-order valence-corrected chi connectivity index (χ4v) is 4.61. The second-order valence-electron chi connectivity index (χ2n) is 6.99. The smallest absolute Gasteiger partial charge is 0.264 e. The summed E-state index contributed by atoms with van der Waals surface area (Å²) < 4.78 is 25.2. The number of halogens is 4. The van der Waals surface area contributed by atoms with Crippen LogP contribution >= 0.6 is 46.6 Å². The molecule has 0 radical (unpaired) electrons. The Hall–Kier alpha value is -2.71. The number of amides is 1. The summed E-state index contributed by atoms with van der Waals surface area (Å²) in [6.45, 7) is 0.153. The molecular weight excluding hydrogens is 522 g/mol. The monoisotopic (exact) mass is 536 g/mol. The number of nitrogens with zero attached hydrogens (tertiary/aromatic N) is 1. The summed E-state index contributed by atoms with van der Waals surface area (Å²) in [5, 5.41) is 4.20. The van der Waals surface area contributed by atoms with E-state index in [-0.39, 0.29) is 23.4 Å². The molecule has 0 aliphatic carbocycles. The molecule has 1 aliphatic heterocycles. The van der Waals surface area contributed by atoms with E-state index in [0.717, 1.165) is 17.3 Å². The Labute approximate surface area is 214 Å². The number of nitrogens with one attached hydrogen (secondary N) is 1. The number of para-hydroxylation sites is 1. The van der Waals surface area contributed by atoms with Crippen LogP contribution < -0.4 is 14.8 Å². The Bertz CT molecular complexity index is 1330. The molecule has 1 N–H and O–H groups in total. The third-order valence-corrected chi connectivity index (χ3v) is 6.44. The molecule has 1 amide bonds. The molecule has 3 aromatic carbocycles. The number of aliphatic imine (C=N–C) groups is 1. The van der Waals surface area contributed by atoms with Gasteiger partial charge in [-0.1, -0.05) is 53.0 Å². The summed E-state index contributed by atoms with van der Waals surface area (Å²) in [4.78, 5) is 16.9. The fourth-order valence-electron chi connectivity index (χ4n) is 3.04. The molecule has 0 bridgehead atoms. The van der Waals surface area contributed by atoms with Crippen LogP contribution in [0.15, 0.2) is 64.5 Å². The van der Waals surface area contributed by atoms with Gasteiger partial charge in [-0.25, -0.2) is 9.38 Å². The Kier molecular flexibility index (Phi) is 7.68. The van der Waals surface area contributed by atoms with Crippen molar-refractivity contribution in [2.75, 3.05) is 7.11 Å². The van der Waals surface area contributed by atoms with E-state index in [9.17, 15) is 9.18 Å². The lowest BCUT2D eigenvalue weighted by atomic mass is 10.1. The molecule has 10 heteroatoms. The molecule has 3 aromatic rings. The van der Waals surface area contributed by atoms with Gasteiger partial charge in [0, 0.05) is 15.6 Å². The lowest BCUT2D eigenvalue weighted by molar-refractivity contribution is -0.115. The quantitative estimate of drug-likeness (QED) is 0.336. The molecule has 1 aliphatic rings. The third-order valence-electron chi connectivity index (χ3n) is 4.66. The highest BCUT2D eigenvalue weighted by Gasteiger charge is 2.24. The van der Waals surface area contributed by atoms with Crippen molar-refractivity contribution in [2.45, 2.75) is 6.61 Å². The van der Waals surface area contributed by atoms with E-state index >= 15 is 0 Å². The van der Waals surface area contributed by atoms with E-state index in [1.54, 1.807) is 48.5 Å². The topological polar surface area (TPSA) is 59.9 Å². The zero-order valence-corrected chi connectivity index (χ0v) is 20.7. The standard InChI is InChI=1S/C24H16Cl3FN2O3S/c1-32-20-9-13(8-17(27)22(20)33-12-14-6-7-15(25)11-16(14)26)10-21-23(31)30-24(34-21)29-19-5-3-2-4-18(19)28/h2-11H,12H2,1H3,(H,29,30,31)/b21-10-. The first-order valence-electron chi connectivity index (χ1n) is 9.82. The predicted octanol–water partition coefficient (Wildman–Crippen LogP) is 7.27. The van der Waals surface area contributed by atoms with Gasteiger partial charge in [0.1, 0.15) is 18.1 Å². The van der Waals surface area contributed by atoms with Crippen LogP contribution in [0.5, 0.6) is 11.5 Å². The lowest BCUT2D eigenvalue weighted by Crippen LogP contribution is -2.19. The molecule has 0 saturated carbocycles. The largest absolute Gasteiger partial charge is 0.493 e. The second-order valence-corrected chi connectivity index (χ2v) is 9.27. The zero-order valence-electron chi connectivity index (χ0n) is 17.6. The number of amidine groups is 1. The molecule has 0 unspecified atom stereocenters. The van der Waals surface area contributed by atoms with Gasteiger partial charge in [0.2, 0.25) is 0 Å². The van der Waals surface area contributed by atoms with Crippen molar-refractivity contribution < 1.29 is 18.7 Å². The van der Waals surface area contributed by atoms with Gasteiger partial charge in [0.25, 0.3) is 5.91 Å². The van der Waals surface area contributed by atoms with Crippen LogP contribution in [0.1, 0.15) is 11.1 Å². The number of hydrogen-bond donors (Lipinski definition) is 1. The summed E-state index contributed by atoms with van der Waals surface area (Å²) in [6, 6.07) is 14.5. The van der Waals surface area contributed by atoms with Crippen LogP contribution in [-0.2, 0) is 11.4 Å². The first-order chi connectivity index (χ1) is 16.3. The Morgan fingerprint density at radius 1 is 1.09 bits per heavy atom. The maximum absolute atomic E-state index is 13.9. The molecule has 0 atom stereocenters. The minimum atomic E-state index is -0.478. The van der Waals surface area contributed by atoms with Crippen molar-refractivity contribution in [1.29, 1.82) is 0 Å². The SMILES string of the molecule is COc1cc(/C=C2\SC(=Nc3ccccc3F)NC2=O)cc(Cl)c1OCc1ccc(Cl)cc1Cl. The average molecular weight is 538 g/mol. The molecule has 1 fully saturated rings. The van der Waals surface area contributed by atoms with Crippen molar-refractivity contribution in [3.8, 4) is 11.5 Å². The van der Waals surface area contributed by atoms with Crippen molar-refractivity contribution >= 4 is 69.4 Å². The molecule has 0 spiro atoms. The summed E-state index contributed by atoms with van der Waals surface area (Å²) in [7, 11) is 1.49. The molecule has 0 aromatic heterocycles. The molecular formula is C24H16Cl3FN2O3S. The number of carbonyl (C=O) groups is 1. The van der Waals surface area contributed by atoms with Gasteiger partial charge >= 0.3 is 0 Å². The summed E-state index contributed by atoms with van der Waals surface area (Å²) in [5.41, 5.74) is 1.48. The zero-order chi connectivity index (χ0) is 24.2. The maximum Gasteiger partial charge on any atom is 0.264 e. The van der Waals surface area contributed by atoms with Crippen LogP contribution in [0.2, 0.25) is 15.1 Å². The summed E-state index contributed by atoms with van der Waals surface area (Å²) >= 11 is 19.7. The number of thioether (sulfide) groups is 1. The van der Waals surface area contributed by atoms with Gasteiger partial charge in [-0.05, 0) is 59.8 Å². The molecule has 1 saturated heterocycles. The van der Waals surface area contributed by atoms with Crippen LogP contribution in [0.25, 0.3) is 6.08 Å². The van der Waals surface area contributed by atoms with Crippen LogP contribution in [-0.4, -0.2) is 18.2 Å². The third kappa shape index (κ3) is 5.67. The number of benzene rings is 3. The average Bonchev–Trinajstić information content (AvgIpc) is 3.14. The Morgan fingerprint density at radius 3 is 2.62 bits per heavy atom. The minimum absolute atomic E-state index is 0.138. The highest BCUT2D eigenvalue weighted by molar-refractivity contribution is 8.18. The van der Waals surface area contributed by atoms with Crippen LogP contribution in [0.3, 0.4) is 0 Å². The highest BCUT2D eigenvalue weighted by Crippen LogP contribution is 2.39. The predicted molar refractivity (Wildman–Crippen MR) is 136 cm³/mol. The van der Waals surface area contributed by atoms with E-state index in [2.05, 4.69) is 10.3 Å². The Balaban J connectivity index is 1.55. The maximum atomic E-state index is 13.9. The highest BCUT2D eigenvalue weighted by atomic mass is 35.5. The fraction of sp³-hybridized carbons (Fsp3) is 0.0833. The number of ether oxygens (including phenoxy) is 2. The number of carbonyl (C=O) groups excluding carboxylic acids is 1. The first kappa shape index (κ1) is 24.4. The van der Waals surface area contributed by atoms with Gasteiger partial charge in [-0.15, -0.1) is 0 Å². The Morgan fingerprint density at radius 2 is 1.88 bits per heavy atom. The summed E-state index contributed by atoms with van der Waals surface area (Å²) in [6.07, 6.45) is 1.64. The van der Waals surface area contributed by atoms with Crippen LogP contribution in [0, 0.1) is 5.82 Å². The van der Waals surface area contributed by atoms with Gasteiger partial charge in [-0.3, -0.25) is 4.79 Å². The van der Waals surface area contributed by atoms with E-state index in [4.69, 9.17) is 44.3 Å². The second kappa shape index (κ2) is 10.7. The van der Waals surface area contributed by atoms with Gasteiger partial charge in [0.05, 0.1) is 17.0 Å². The molecule has 174 valence electrons. The normalized spacial score (nSPS) is 15.6. The van der Waals surface area contributed by atoms with E-state index in [1.165, 1.54) is 19.2 Å². The van der Waals surface area contributed by atoms with E-state index in [1.807, 2.05) is 0 Å². The van der Waals surface area contributed by atoms with Crippen molar-refractivity contribution in [2.24, 2.45) is 4.99 Å². The number of rotatable bonds is 6.